The molecule has 0 aliphatic rings. The summed E-state index contributed by atoms with van der Waals surface area (Å²) in [7, 11) is 1.21. The van der Waals surface area contributed by atoms with Crippen LogP contribution in [-0.2, 0) is 38.6 Å². The Hall–Kier alpha value is -4.56. The number of hydrogen-bond acceptors (Lipinski definition) is 7. The number of halogens is 1. The molecule has 0 saturated heterocycles. The first-order chi connectivity index (χ1) is 20.0. The predicted octanol–water partition coefficient (Wildman–Crippen LogP) is 2.33. The van der Waals surface area contributed by atoms with E-state index in [0.29, 0.717) is 43.5 Å². The standard InChI is InChI=1S/C27H37FN6O8/c1-33(27(42)30-21(25(38)39)12-13-24(36)37)22(26(40)41)16-18-8-10-19(11-9-18)29-23(35)7-3-2-4-15-34-17-20(31-32-34)6-5-14-28/h8-11,17,21-22H,2-7,12-16H2,1H3,(H,29,35)(H,30,42)(H,36,37)(H,38,39)(H,40,41)/t21-,22-/m0/s1. The van der Waals surface area contributed by atoms with Gasteiger partial charge in [-0.1, -0.05) is 23.8 Å². The molecule has 2 rings (SSSR count). The van der Waals surface area contributed by atoms with Crippen molar-refractivity contribution in [1.29, 1.82) is 0 Å². The van der Waals surface area contributed by atoms with Gasteiger partial charge in [-0.15, -0.1) is 5.10 Å². The number of alkyl halides is 1. The van der Waals surface area contributed by atoms with Gasteiger partial charge < -0.3 is 30.9 Å². The molecule has 2 atom stereocenters. The quantitative estimate of drug-likeness (QED) is 0.151. The topological polar surface area (TPSA) is 204 Å². The molecule has 0 fully saturated rings. The molecular weight excluding hydrogens is 555 g/mol. The number of urea groups is 1. The van der Waals surface area contributed by atoms with Crippen molar-refractivity contribution in [3.8, 4) is 0 Å². The Bertz CT molecular complexity index is 1210. The molecule has 1 heterocycles. The highest BCUT2D eigenvalue weighted by atomic mass is 19.1. The van der Waals surface area contributed by atoms with E-state index in [9.17, 15) is 38.6 Å². The molecule has 0 spiro atoms. The number of rotatable bonds is 19. The summed E-state index contributed by atoms with van der Waals surface area (Å²) in [6, 6.07) is 2.67. The van der Waals surface area contributed by atoms with Gasteiger partial charge in [0.05, 0.1) is 12.4 Å². The van der Waals surface area contributed by atoms with Gasteiger partial charge >= 0.3 is 23.9 Å². The third-order valence-corrected chi connectivity index (χ3v) is 6.43. The van der Waals surface area contributed by atoms with E-state index >= 15 is 0 Å². The average Bonchev–Trinajstić information content (AvgIpc) is 3.40. The van der Waals surface area contributed by atoms with Gasteiger partial charge in [0.15, 0.2) is 0 Å². The van der Waals surface area contributed by atoms with E-state index in [0.717, 1.165) is 23.4 Å². The summed E-state index contributed by atoms with van der Waals surface area (Å²) >= 11 is 0. The van der Waals surface area contributed by atoms with Crippen molar-refractivity contribution < 1.29 is 43.7 Å². The number of unbranched alkanes of at least 4 members (excludes halogenated alkanes) is 2. The molecule has 0 radical (unpaired) electrons. The van der Waals surface area contributed by atoms with E-state index in [1.807, 2.05) is 0 Å². The van der Waals surface area contributed by atoms with Crippen LogP contribution in [0.4, 0.5) is 14.9 Å². The number of nitrogens with one attached hydrogen (secondary N) is 2. The number of aryl methyl sites for hydroxylation is 2. The van der Waals surface area contributed by atoms with Gasteiger partial charge in [-0.25, -0.2) is 14.4 Å². The van der Waals surface area contributed by atoms with E-state index in [1.165, 1.54) is 7.05 Å². The molecule has 42 heavy (non-hydrogen) atoms. The highest BCUT2D eigenvalue weighted by Crippen LogP contribution is 2.15. The number of carbonyl (C=O) groups excluding carboxylic acids is 2. The Kier molecular flexibility index (Phi) is 13.9. The fourth-order valence-corrected chi connectivity index (χ4v) is 4.02. The molecule has 1 aromatic carbocycles. The highest BCUT2D eigenvalue weighted by molar-refractivity contribution is 5.90. The molecular formula is C27H37FN6O8. The van der Waals surface area contributed by atoms with E-state index in [1.54, 1.807) is 35.1 Å². The van der Waals surface area contributed by atoms with Crippen LogP contribution >= 0.6 is 0 Å². The van der Waals surface area contributed by atoms with Crippen molar-refractivity contribution in [2.75, 3.05) is 19.0 Å². The molecule has 0 bridgehead atoms. The number of aromatic nitrogens is 3. The van der Waals surface area contributed by atoms with Crippen LogP contribution in [0, 0.1) is 0 Å². The normalized spacial score (nSPS) is 12.2. The Morgan fingerprint density at radius 1 is 0.976 bits per heavy atom. The SMILES string of the molecule is CN(C(=O)N[C@@H](CCC(=O)O)C(=O)O)[C@@H](Cc1ccc(NC(=O)CCCCCn2cc(CCCF)nn2)cc1)C(=O)O. The summed E-state index contributed by atoms with van der Waals surface area (Å²) in [6.07, 6.45) is 4.43. The van der Waals surface area contributed by atoms with Crippen molar-refractivity contribution in [3.63, 3.8) is 0 Å². The van der Waals surface area contributed by atoms with Crippen molar-refractivity contribution >= 4 is 35.5 Å². The number of carboxylic acid groups (broad SMARTS) is 3. The van der Waals surface area contributed by atoms with E-state index in [2.05, 4.69) is 20.9 Å². The number of aliphatic carboxylic acids is 3. The molecule has 14 nitrogen and oxygen atoms in total. The number of anilines is 1. The van der Waals surface area contributed by atoms with Crippen LogP contribution in [0.1, 0.15) is 56.2 Å². The second-order valence-electron chi connectivity index (χ2n) is 9.76. The first-order valence-corrected chi connectivity index (χ1v) is 13.5. The Morgan fingerprint density at radius 2 is 1.69 bits per heavy atom. The zero-order chi connectivity index (χ0) is 31.1. The smallest absolute Gasteiger partial charge is 0.326 e. The minimum atomic E-state index is -1.49. The largest absolute Gasteiger partial charge is 0.481 e. The lowest BCUT2D eigenvalue weighted by atomic mass is 10.0. The monoisotopic (exact) mass is 592 g/mol. The summed E-state index contributed by atoms with van der Waals surface area (Å²) in [5.41, 5.74) is 1.84. The maximum atomic E-state index is 12.5. The molecule has 15 heteroatoms. The second-order valence-corrected chi connectivity index (χ2v) is 9.76. The minimum absolute atomic E-state index is 0.0938. The maximum Gasteiger partial charge on any atom is 0.326 e. The lowest BCUT2D eigenvalue weighted by Crippen LogP contribution is -2.52. The van der Waals surface area contributed by atoms with Gasteiger partial charge in [0.2, 0.25) is 5.91 Å². The van der Waals surface area contributed by atoms with Crippen molar-refractivity contribution in [3.05, 3.63) is 41.7 Å². The number of amides is 3. The third kappa shape index (κ3) is 11.9. The second kappa shape index (κ2) is 17.3. The minimum Gasteiger partial charge on any atom is -0.481 e. The summed E-state index contributed by atoms with van der Waals surface area (Å²) in [6.45, 7) is 0.268. The van der Waals surface area contributed by atoms with Crippen LogP contribution in [0.3, 0.4) is 0 Å². The average molecular weight is 593 g/mol. The first kappa shape index (κ1) is 33.6. The molecule has 0 saturated carbocycles. The highest BCUT2D eigenvalue weighted by Gasteiger charge is 2.30. The van der Waals surface area contributed by atoms with Crippen molar-refractivity contribution in [2.24, 2.45) is 0 Å². The van der Waals surface area contributed by atoms with Gasteiger partial charge in [0.25, 0.3) is 0 Å². The molecule has 0 aliphatic carbocycles. The van der Waals surface area contributed by atoms with Crippen LogP contribution in [0.25, 0.3) is 0 Å². The number of carbonyl (C=O) groups is 5. The molecule has 5 N–H and O–H groups in total. The van der Waals surface area contributed by atoms with Crippen LogP contribution < -0.4 is 10.6 Å². The van der Waals surface area contributed by atoms with Crippen molar-refractivity contribution in [2.45, 2.75) is 76.4 Å². The molecule has 3 amide bonds. The molecule has 0 aliphatic heterocycles. The van der Waals surface area contributed by atoms with Crippen LogP contribution in [0.5, 0.6) is 0 Å². The van der Waals surface area contributed by atoms with Gasteiger partial charge in [0, 0.05) is 44.7 Å². The van der Waals surface area contributed by atoms with Gasteiger partial charge in [-0.3, -0.25) is 18.7 Å². The fraction of sp³-hybridized carbons (Fsp3) is 0.519. The van der Waals surface area contributed by atoms with Gasteiger partial charge in [-0.2, -0.15) is 0 Å². The van der Waals surface area contributed by atoms with Crippen LogP contribution in [0.15, 0.2) is 30.5 Å². The fourth-order valence-electron chi connectivity index (χ4n) is 4.02. The molecule has 230 valence electrons. The molecule has 1 aromatic heterocycles. The number of carboxylic acids is 3. The Morgan fingerprint density at radius 3 is 2.31 bits per heavy atom. The van der Waals surface area contributed by atoms with E-state index in [4.69, 9.17) is 5.11 Å². The first-order valence-electron chi connectivity index (χ1n) is 13.5. The predicted molar refractivity (Wildman–Crippen MR) is 148 cm³/mol. The number of hydrogen-bond donors (Lipinski definition) is 5. The Labute approximate surface area is 241 Å². The molecule has 2 aromatic rings. The van der Waals surface area contributed by atoms with E-state index in [-0.39, 0.29) is 25.4 Å². The van der Waals surface area contributed by atoms with Gasteiger partial charge in [-0.05, 0) is 49.8 Å². The van der Waals surface area contributed by atoms with Crippen LogP contribution in [0.2, 0.25) is 0 Å². The summed E-state index contributed by atoms with van der Waals surface area (Å²) < 4.78 is 14.0. The maximum absolute atomic E-state index is 12.5. The number of nitrogens with zero attached hydrogens (tertiary/aromatic N) is 4. The Balaban J connectivity index is 1.80. The van der Waals surface area contributed by atoms with E-state index < -0.39 is 42.4 Å². The number of benzene rings is 1. The van der Waals surface area contributed by atoms with Crippen LogP contribution in [-0.4, -0.2) is 90.9 Å². The zero-order valence-electron chi connectivity index (χ0n) is 23.4. The number of likely N-dealkylation sites (N-methyl/N-ethyl adjacent to an activating group) is 1. The lowest BCUT2D eigenvalue weighted by molar-refractivity contribution is -0.142. The summed E-state index contributed by atoms with van der Waals surface area (Å²) in [5, 5.41) is 40.6. The lowest BCUT2D eigenvalue weighted by Gasteiger charge is -2.27. The summed E-state index contributed by atoms with van der Waals surface area (Å²) in [5.74, 6) is -4.15. The molecule has 0 unspecified atom stereocenters. The summed E-state index contributed by atoms with van der Waals surface area (Å²) in [4.78, 5) is 59.7. The van der Waals surface area contributed by atoms with Gasteiger partial charge in [0.1, 0.15) is 12.1 Å². The third-order valence-electron chi connectivity index (χ3n) is 6.43. The zero-order valence-corrected chi connectivity index (χ0v) is 23.4. The van der Waals surface area contributed by atoms with Crippen molar-refractivity contribution in [1.82, 2.24) is 25.2 Å².